The van der Waals surface area contributed by atoms with E-state index in [1.54, 1.807) is 0 Å². The molecule has 21 heavy (non-hydrogen) atoms. The minimum Gasteiger partial charge on any atom is -0.369 e. The highest BCUT2D eigenvalue weighted by Gasteiger charge is 2.54. The van der Waals surface area contributed by atoms with Crippen molar-refractivity contribution in [2.75, 3.05) is 6.61 Å². The highest BCUT2D eigenvalue weighted by molar-refractivity contribution is 5.04. The zero-order chi connectivity index (χ0) is 15.8. The summed E-state index contributed by atoms with van der Waals surface area (Å²) in [6, 6.07) is 0. The third kappa shape index (κ3) is 4.22. The van der Waals surface area contributed by atoms with Crippen molar-refractivity contribution in [1.82, 2.24) is 0 Å². The molecule has 0 radical (unpaired) electrons. The van der Waals surface area contributed by atoms with Gasteiger partial charge in [0, 0.05) is 0 Å². The van der Waals surface area contributed by atoms with Gasteiger partial charge in [-0.25, -0.2) is 0 Å². The summed E-state index contributed by atoms with van der Waals surface area (Å²) in [6.07, 6.45) is 11.9. The third-order valence-electron chi connectivity index (χ3n) is 4.99. The van der Waals surface area contributed by atoms with Crippen LogP contribution in [0.15, 0.2) is 0 Å². The summed E-state index contributed by atoms with van der Waals surface area (Å²) in [4.78, 5) is 0. The van der Waals surface area contributed by atoms with E-state index in [9.17, 15) is 0 Å². The maximum atomic E-state index is 6.79. The Morgan fingerprint density at radius 1 is 0.714 bits per heavy atom. The molecular weight excluding hydrogens is 260 g/mol. The number of rotatable bonds is 10. The minimum absolute atomic E-state index is 0.0488. The fourth-order valence-electron chi connectivity index (χ4n) is 4.35. The van der Waals surface area contributed by atoms with Crippen LogP contribution in [0, 0.1) is 0 Å². The van der Waals surface area contributed by atoms with Crippen molar-refractivity contribution in [3.05, 3.63) is 0 Å². The number of ether oxygens (including phenoxy) is 2. The first kappa shape index (κ1) is 19.0. The SMILES string of the molecule is CCCC1COC(CCC)(CCC)C(CCC)(CCC)O1. The molecule has 1 aliphatic heterocycles. The Hall–Kier alpha value is -0.0800. The van der Waals surface area contributed by atoms with Gasteiger partial charge in [0.25, 0.3) is 0 Å². The van der Waals surface area contributed by atoms with Crippen molar-refractivity contribution < 1.29 is 9.47 Å². The maximum absolute atomic E-state index is 6.79. The van der Waals surface area contributed by atoms with Crippen molar-refractivity contribution in [1.29, 1.82) is 0 Å². The van der Waals surface area contributed by atoms with Crippen molar-refractivity contribution in [2.24, 2.45) is 0 Å². The van der Waals surface area contributed by atoms with Gasteiger partial charge in [-0.2, -0.15) is 0 Å². The van der Waals surface area contributed by atoms with Crippen LogP contribution in [0.1, 0.15) is 98.8 Å². The molecule has 1 unspecified atom stereocenters. The lowest BCUT2D eigenvalue weighted by atomic mass is 9.70. The van der Waals surface area contributed by atoms with Crippen LogP contribution in [0.25, 0.3) is 0 Å². The molecule has 1 atom stereocenters. The molecular formula is C19H38O2. The second-order valence-corrected chi connectivity index (χ2v) is 6.83. The largest absolute Gasteiger partial charge is 0.369 e. The summed E-state index contributed by atoms with van der Waals surface area (Å²) < 4.78 is 13.4. The molecule has 0 aromatic heterocycles. The fourth-order valence-corrected chi connectivity index (χ4v) is 4.35. The first-order valence-electron chi connectivity index (χ1n) is 9.45. The van der Waals surface area contributed by atoms with E-state index in [-0.39, 0.29) is 11.2 Å². The molecule has 0 aliphatic carbocycles. The zero-order valence-electron chi connectivity index (χ0n) is 15.2. The van der Waals surface area contributed by atoms with Gasteiger partial charge in [-0.3, -0.25) is 0 Å². The molecule has 1 saturated heterocycles. The first-order valence-corrected chi connectivity index (χ1v) is 9.45. The summed E-state index contributed by atoms with van der Waals surface area (Å²) in [5.74, 6) is 0. The van der Waals surface area contributed by atoms with Crippen LogP contribution in [0.3, 0.4) is 0 Å². The Balaban J connectivity index is 3.10. The predicted molar refractivity (Wildman–Crippen MR) is 90.8 cm³/mol. The van der Waals surface area contributed by atoms with E-state index in [2.05, 4.69) is 34.6 Å². The van der Waals surface area contributed by atoms with Gasteiger partial charge in [-0.05, 0) is 32.1 Å². The highest BCUT2D eigenvalue weighted by atomic mass is 16.6. The Labute approximate surface area is 133 Å². The molecule has 2 heteroatoms. The van der Waals surface area contributed by atoms with Gasteiger partial charge in [-0.1, -0.05) is 66.7 Å². The zero-order valence-corrected chi connectivity index (χ0v) is 15.2. The van der Waals surface area contributed by atoms with Crippen LogP contribution in [0.2, 0.25) is 0 Å². The van der Waals surface area contributed by atoms with Crippen LogP contribution in [0.4, 0.5) is 0 Å². The van der Waals surface area contributed by atoms with Crippen molar-refractivity contribution >= 4 is 0 Å². The smallest absolute Gasteiger partial charge is 0.0975 e. The molecule has 0 amide bonds. The lowest BCUT2D eigenvalue weighted by Gasteiger charge is -2.56. The first-order chi connectivity index (χ1) is 10.1. The minimum atomic E-state index is -0.0550. The average Bonchev–Trinajstić information content (AvgIpc) is 2.44. The molecule has 1 aliphatic rings. The second-order valence-electron chi connectivity index (χ2n) is 6.83. The molecule has 0 saturated carbocycles. The van der Waals surface area contributed by atoms with Crippen molar-refractivity contribution in [3.63, 3.8) is 0 Å². The third-order valence-corrected chi connectivity index (χ3v) is 4.99. The normalized spacial score (nSPS) is 24.1. The molecule has 2 nitrogen and oxygen atoms in total. The fraction of sp³-hybridized carbons (Fsp3) is 1.00. The summed E-state index contributed by atoms with van der Waals surface area (Å²) in [5, 5.41) is 0. The summed E-state index contributed by atoms with van der Waals surface area (Å²) in [6.45, 7) is 12.2. The monoisotopic (exact) mass is 298 g/mol. The van der Waals surface area contributed by atoms with Gasteiger partial charge < -0.3 is 9.47 Å². The van der Waals surface area contributed by atoms with E-state index in [0.717, 1.165) is 38.7 Å². The summed E-state index contributed by atoms with van der Waals surface area (Å²) in [7, 11) is 0. The van der Waals surface area contributed by atoms with Gasteiger partial charge in [0.05, 0.1) is 23.9 Å². The van der Waals surface area contributed by atoms with Crippen LogP contribution < -0.4 is 0 Å². The molecule has 126 valence electrons. The van der Waals surface area contributed by atoms with Crippen molar-refractivity contribution in [2.45, 2.75) is 116 Å². The van der Waals surface area contributed by atoms with Crippen molar-refractivity contribution in [3.8, 4) is 0 Å². The molecule has 1 fully saturated rings. The molecule has 0 aromatic rings. The van der Waals surface area contributed by atoms with Crippen LogP contribution in [-0.4, -0.2) is 23.9 Å². The van der Waals surface area contributed by atoms with E-state index < -0.39 is 0 Å². The van der Waals surface area contributed by atoms with E-state index in [4.69, 9.17) is 9.47 Å². The molecule has 1 rings (SSSR count). The summed E-state index contributed by atoms with van der Waals surface area (Å²) >= 11 is 0. The molecule has 1 heterocycles. The van der Waals surface area contributed by atoms with E-state index in [0.29, 0.717) is 6.10 Å². The lowest BCUT2D eigenvalue weighted by molar-refractivity contribution is -0.300. The molecule has 0 N–H and O–H groups in total. The Morgan fingerprint density at radius 3 is 1.62 bits per heavy atom. The van der Waals surface area contributed by atoms with E-state index in [1.165, 1.54) is 32.1 Å². The Bertz CT molecular complexity index is 263. The predicted octanol–water partition coefficient (Wildman–Crippen LogP) is 5.88. The van der Waals surface area contributed by atoms with Gasteiger partial charge in [-0.15, -0.1) is 0 Å². The lowest BCUT2D eigenvalue weighted by Crippen LogP contribution is -2.63. The standard InChI is InChI=1S/C19H38O2/c1-6-11-17-16-20-18(12-7-2,13-8-3)19(21-17,14-9-4)15-10-5/h17H,6-16H2,1-5H3. The Kier molecular flexibility index (Phi) is 8.26. The van der Waals surface area contributed by atoms with E-state index >= 15 is 0 Å². The summed E-state index contributed by atoms with van der Waals surface area (Å²) in [5.41, 5.74) is -0.104. The van der Waals surface area contributed by atoms with Gasteiger partial charge >= 0.3 is 0 Å². The maximum Gasteiger partial charge on any atom is 0.0975 e. The van der Waals surface area contributed by atoms with Crippen LogP contribution >= 0.6 is 0 Å². The van der Waals surface area contributed by atoms with Gasteiger partial charge in [0.2, 0.25) is 0 Å². The van der Waals surface area contributed by atoms with Gasteiger partial charge in [0.1, 0.15) is 0 Å². The molecule has 0 aromatic carbocycles. The van der Waals surface area contributed by atoms with E-state index in [1.807, 2.05) is 0 Å². The molecule has 0 bridgehead atoms. The van der Waals surface area contributed by atoms with Crippen LogP contribution in [0.5, 0.6) is 0 Å². The quantitative estimate of drug-likeness (QED) is 0.501. The second kappa shape index (κ2) is 9.15. The number of hydrogen-bond donors (Lipinski definition) is 0. The molecule has 0 spiro atoms. The number of hydrogen-bond acceptors (Lipinski definition) is 2. The average molecular weight is 299 g/mol. The highest BCUT2D eigenvalue weighted by Crippen LogP contribution is 2.48. The Morgan fingerprint density at radius 2 is 1.19 bits per heavy atom. The van der Waals surface area contributed by atoms with Crippen LogP contribution in [-0.2, 0) is 9.47 Å². The van der Waals surface area contributed by atoms with Gasteiger partial charge in [0.15, 0.2) is 0 Å². The topological polar surface area (TPSA) is 18.5 Å².